The average Bonchev–Trinajstić information content (AvgIpc) is 3.20. The number of aromatic nitrogens is 1. The zero-order valence-corrected chi connectivity index (χ0v) is 13.5. The van der Waals surface area contributed by atoms with Gasteiger partial charge in [-0.1, -0.05) is 11.6 Å². The van der Waals surface area contributed by atoms with E-state index in [0.29, 0.717) is 23.6 Å². The van der Waals surface area contributed by atoms with E-state index in [-0.39, 0.29) is 5.54 Å². The molecule has 0 bridgehead atoms. The summed E-state index contributed by atoms with van der Waals surface area (Å²) in [7, 11) is 4.09. The minimum Gasteiger partial charge on any atom is -0.476 e. The van der Waals surface area contributed by atoms with Gasteiger partial charge in [0, 0.05) is 30.4 Å². The summed E-state index contributed by atoms with van der Waals surface area (Å²) in [6.45, 7) is 5.64. The number of pyridine rings is 1. The normalized spacial score (nSPS) is 15.7. The second-order valence-corrected chi connectivity index (χ2v) is 6.67. The molecule has 0 radical (unpaired) electrons. The maximum atomic E-state index is 6.17. The van der Waals surface area contributed by atoms with Gasteiger partial charge in [-0.3, -0.25) is 0 Å². The molecule has 1 saturated carbocycles. The molecule has 0 saturated heterocycles. The lowest BCUT2D eigenvalue weighted by Gasteiger charge is -2.31. The number of hydrogen-bond acceptors (Lipinski definition) is 4. The molecule has 1 N–H and O–H groups in total. The molecule has 0 unspecified atom stereocenters. The molecule has 4 nitrogen and oxygen atoms in total. The maximum absolute atomic E-state index is 6.17. The van der Waals surface area contributed by atoms with Crippen LogP contribution in [0.4, 0.5) is 0 Å². The highest BCUT2D eigenvalue weighted by Gasteiger charge is 2.22. The van der Waals surface area contributed by atoms with Gasteiger partial charge in [-0.2, -0.15) is 0 Å². The molecule has 0 spiro atoms. The second-order valence-electron chi connectivity index (χ2n) is 6.26. The highest BCUT2D eigenvalue weighted by molar-refractivity contribution is 6.31. The van der Waals surface area contributed by atoms with Crippen LogP contribution in [0, 0.1) is 0 Å². The fourth-order valence-corrected chi connectivity index (χ4v) is 1.76. The SMILES string of the molecule is CN(C)C(C)(C)COc1cc(CNC2CC2)c(Cl)cn1. The fourth-order valence-electron chi connectivity index (χ4n) is 1.59. The van der Waals surface area contributed by atoms with Crippen LogP contribution in [-0.4, -0.2) is 42.2 Å². The van der Waals surface area contributed by atoms with Crippen molar-refractivity contribution >= 4 is 11.6 Å². The molecule has 1 aliphatic carbocycles. The van der Waals surface area contributed by atoms with Gasteiger partial charge in [0.05, 0.1) is 5.02 Å². The number of likely N-dealkylation sites (N-methyl/N-ethyl adjacent to an activating group) is 1. The van der Waals surface area contributed by atoms with E-state index in [2.05, 4.69) is 29.0 Å². The van der Waals surface area contributed by atoms with Crippen molar-refractivity contribution in [2.24, 2.45) is 0 Å². The molecule has 112 valence electrons. The molecular formula is C15H24ClN3O. The molecule has 1 aromatic heterocycles. The van der Waals surface area contributed by atoms with Gasteiger partial charge in [-0.15, -0.1) is 0 Å². The van der Waals surface area contributed by atoms with E-state index in [4.69, 9.17) is 16.3 Å². The Bertz CT molecular complexity index is 458. The van der Waals surface area contributed by atoms with Crippen molar-refractivity contribution in [3.63, 3.8) is 0 Å². The zero-order valence-electron chi connectivity index (χ0n) is 12.7. The Morgan fingerprint density at radius 1 is 1.45 bits per heavy atom. The van der Waals surface area contributed by atoms with Gasteiger partial charge >= 0.3 is 0 Å². The molecule has 0 aromatic carbocycles. The van der Waals surface area contributed by atoms with Crippen molar-refractivity contribution in [2.75, 3.05) is 20.7 Å². The first kappa shape index (κ1) is 15.5. The van der Waals surface area contributed by atoms with Gasteiger partial charge in [-0.05, 0) is 46.3 Å². The summed E-state index contributed by atoms with van der Waals surface area (Å²) in [6.07, 6.45) is 4.20. The Labute approximate surface area is 126 Å². The molecule has 1 aromatic rings. The zero-order chi connectivity index (χ0) is 14.8. The van der Waals surface area contributed by atoms with Crippen LogP contribution in [0.25, 0.3) is 0 Å². The van der Waals surface area contributed by atoms with E-state index in [1.165, 1.54) is 12.8 Å². The van der Waals surface area contributed by atoms with Crippen LogP contribution in [0.2, 0.25) is 5.02 Å². The summed E-state index contributed by atoms with van der Waals surface area (Å²) in [6, 6.07) is 2.60. The number of halogens is 1. The van der Waals surface area contributed by atoms with Crippen LogP contribution in [0.1, 0.15) is 32.3 Å². The number of hydrogen-bond donors (Lipinski definition) is 1. The van der Waals surface area contributed by atoms with E-state index in [9.17, 15) is 0 Å². The minimum atomic E-state index is -0.0340. The number of nitrogens with one attached hydrogen (secondary N) is 1. The third-order valence-corrected chi connectivity index (χ3v) is 4.19. The van der Waals surface area contributed by atoms with Gasteiger partial charge in [-0.25, -0.2) is 4.98 Å². The Morgan fingerprint density at radius 3 is 2.75 bits per heavy atom. The molecule has 1 heterocycles. The molecule has 20 heavy (non-hydrogen) atoms. The van der Waals surface area contributed by atoms with Gasteiger partial charge < -0.3 is 15.0 Å². The van der Waals surface area contributed by atoms with Crippen molar-refractivity contribution < 1.29 is 4.74 Å². The van der Waals surface area contributed by atoms with E-state index >= 15 is 0 Å². The quantitative estimate of drug-likeness (QED) is 0.840. The molecule has 1 aliphatic rings. The summed E-state index contributed by atoms with van der Waals surface area (Å²) >= 11 is 6.17. The van der Waals surface area contributed by atoms with Crippen LogP contribution in [-0.2, 0) is 6.54 Å². The van der Waals surface area contributed by atoms with Crippen LogP contribution in [0.5, 0.6) is 5.88 Å². The number of rotatable bonds is 7. The van der Waals surface area contributed by atoms with E-state index in [1.807, 2.05) is 20.2 Å². The summed E-state index contributed by atoms with van der Waals surface area (Å²) in [5, 5.41) is 4.15. The van der Waals surface area contributed by atoms with Crippen LogP contribution in [0.15, 0.2) is 12.3 Å². The lowest BCUT2D eigenvalue weighted by molar-refractivity contribution is 0.111. The molecule has 2 rings (SSSR count). The van der Waals surface area contributed by atoms with Crippen molar-refractivity contribution in [3.8, 4) is 5.88 Å². The van der Waals surface area contributed by atoms with Crippen LogP contribution < -0.4 is 10.1 Å². The molecule has 0 aliphatic heterocycles. The molecular weight excluding hydrogens is 274 g/mol. The first-order valence-electron chi connectivity index (χ1n) is 7.06. The predicted octanol–water partition coefficient (Wildman–Crippen LogP) is 2.71. The largest absolute Gasteiger partial charge is 0.476 e. The Morgan fingerprint density at radius 2 is 2.15 bits per heavy atom. The molecule has 0 amide bonds. The van der Waals surface area contributed by atoms with Crippen molar-refractivity contribution in [3.05, 3.63) is 22.8 Å². The van der Waals surface area contributed by atoms with Gasteiger partial charge in [0.15, 0.2) is 0 Å². The third-order valence-electron chi connectivity index (χ3n) is 3.85. The highest BCUT2D eigenvalue weighted by atomic mass is 35.5. The molecule has 0 atom stereocenters. The lowest BCUT2D eigenvalue weighted by Crippen LogP contribution is -2.43. The highest BCUT2D eigenvalue weighted by Crippen LogP contribution is 2.23. The predicted molar refractivity (Wildman–Crippen MR) is 82.4 cm³/mol. The van der Waals surface area contributed by atoms with Gasteiger partial charge in [0.2, 0.25) is 5.88 Å². The van der Waals surface area contributed by atoms with Gasteiger partial charge in [0.25, 0.3) is 0 Å². The van der Waals surface area contributed by atoms with Crippen LogP contribution in [0.3, 0.4) is 0 Å². The maximum Gasteiger partial charge on any atom is 0.213 e. The van der Waals surface area contributed by atoms with Crippen molar-refractivity contribution in [1.29, 1.82) is 0 Å². The monoisotopic (exact) mass is 297 g/mol. The van der Waals surface area contributed by atoms with E-state index in [1.54, 1.807) is 6.20 Å². The Hall–Kier alpha value is -0.840. The van der Waals surface area contributed by atoms with Crippen LogP contribution >= 0.6 is 11.6 Å². The smallest absolute Gasteiger partial charge is 0.213 e. The minimum absolute atomic E-state index is 0.0340. The van der Waals surface area contributed by atoms with Crippen molar-refractivity contribution in [1.82, 2.24) is 15.2 Å². The van der Waals surface area contributed by atoms with Crippen molar-refractivity contribution in [2.45, 2.75) is 44.8 Å². The standard InChI is InChI=1S/C15H24ClN3O/c1-15(2,19(3)4)10-20-14-7-11(13(16)9-18-14)8-17-12-5-6-12/h7,9,12,17H,5-6,8,10H2,1-4H3. The summed E-state index contributed by atoms with van der Waals surface area (Å²) in [5.74, 6) is 0.636. The Balaban J connectivity index is 1.95. The summed E-state index contributed by atoms with van der Waals surface area (Å²) in [5.41, 5.74) is 1.01. The number of ether oxygens (including phenoxy) is 1. The lowest BCUT2D eigenvalue weighted by atomic mass is 10.1. The number of nitrogens with zero attached hydrogens (tertiary/aromatic N) is 2. The first-order chi connectivity index (χ1) is 9.38. The molecule has 5 heteroatoms. The third kappa shape index (κ3) is 4.33. The second kappa shape index (κ2) is 6.29. The van der Waals surface area contributed by atoms with E-state index in [0.717, 1.165) is 12.1 Å². The average molecular weight is 298 g/mol. The summed E-state index contributed by atoms with van der Waals surface area (Å²) in [4.78, 5) is 6.38. The first-order valence-corrected chi connectivity index (χ1v) is 7.44. The molecule has 1 fully saturated rings. The Kier molecular flexibility index (Phi) is 4.89. The van der Waals surface area contributed by atoms with Gasteiger partial charge in [0.1, 0.15) is 6.61 Å². The fraction of sp³-hybridized carbons (Fsp3) is 0.667. The van der Waals surface area contributed by atoms with E-state index < -0.39 is 0 Å². The topological polar surface area (TPSA) is 37.4 Å². The summed E-state index contributed by atoms with van der Waals surface area (Å²) < 4.78 is 5.81.